The Labute approximate surface area is 146 Å². The van der Waals surface area contributed by atoms with Crippen LogP contribution in [-0.2, 0) is 14.3 Å². The lowest BCUT2D eigenvalue weighted by molar-refractivity contribution is -0.151. The first-order chi connectivity index (χ1) is 11.7. The Kier molecular flexibility index (Phi) is 4.31. The summed E-state index contributed by atoms with van der Waals surface area (Å²) in [6, 6.07) is 6.95. The first-order valence-electron chi connectivity index (χ1n) is 8.57. The third-order valence-electron chi connectivity index (χ3n) is 5.17. The molecule has 1 fully saturated rings. The van der Waals surface area contributed by atoms with Gasteiger partial charge in [-0.2, -0.15) is 0 Å². The molecule has 1 heterocycles. The highest BCUT2D eigenvalue weighted by atomic mass is 16.5. The summed E-state index contributed by atoms with van der Waals surface area (Å²) < 4.78 is 5.28. The molecule has 2 aliphatic rings. The largest absolute Gasteiger partial charge is 0.480 e. The molecule has 134 valence electrons. The number of carboxylic acids is 1. The molecule has 1 saturated carbocycles. The van der Waals surface area contributed by atoms with Crippen LogP contribution in [0.3, 0.4) is 0 Å². The topological polar surface area (TPSA) is 92.7 Å². The van der Waals surface area contributed by atoms with Crippen molar-refractivity contribution >= 4 is 17.8 Å². The summed E-state index contributed by atoms with van der Waals surface area (Å²) in [5.74, 6) is -1.85. The Bertz CT molecular complexity index is 726. The maximum absolute atomic E-state index is 12.5. The van der Waals surface area contributed by atoms with E-state index in [1.54, 1.807) is 24.3 Å². The zero-order valence-electron chi connectivity index (χ0n) is 14.5. The Morgan fingerprint density at radius 1 is 1.28 bits per heavy atom. The van der Waals surface area contributed by atoms with Gasteiger partial charge < -0.3 is 15.2 Å². The summed E-state index contributed by atoms with van der Waals surface area (Å²) in [7, 11) is 0. The predicted octanol–water partition coefficient (Wildman–Crippen LogP) is 2.83. The van der Waals surface area contributed by atoms with E-state index >= 15 is 0 Å². The summed E-state index contributed by atoms with van der Waals surface area (Å²) in [6.45, 7) is 4.04. The maximum Gasteiger partial charge on any atom is 0.339 e. The number of benzene rings is 1. The van der Waals surface area contributed by atoms with E-state index < -0.39 is 29.5 Å². The number of hydrogen-bond acceptors (Lipinski definition) is 4. The van der Waals surface area contributed by atoms with Gasteiger partial charge in [-0.05, 0) is 37.2 Å². The van der Waals surface area contributed by atoms with Gasteiger partial charge in [0.2, 0.25) is 5.91 Å². The molecule has 1 aromatic rings. The minimum atomic E-state index is -1.25. The number of nitrogens with one attached hydrogen (secondary N) is 1. The molecular weight excluding hydrogens is 322 g/mol. The molecule has 0 radical (unpaired) electrons. The second-order valence-electron chi connectivity index (χ2n) is 7.82. The summed E-state index contributed by atoms with van der Waals surface area (Å²) >= 11 is 0. The summed E-state index contributed by atoms with van der Waals surface area (Å²) in [4.78, 5) is 36.3. The number of carboxylic acid groups (broad SMARTS) is 1. The van der Waals surface area contributed by atoms with Crippen LogP contribution in [0.5, 0.6) is 0 Å². The monoisotopic (exact) mass is 345 g/mol. The second kappa shape index (κ2) is 6.17. The highest BCUT2D eigenvalue weighted by Crippen LogP contribution is 2.41. The highest BCUT2D eigenvalue weighted by Gasteiger charge is 2.47. The molecule has 6 nitrogen and oxygen atoms in total. The van der Waals surface area contributed by atoms with E-state index in [1.807, 2.05) is 13.8 Å². The van der Waals surface area contributed by atoms with Crippen LogP contribution in [-0.4, -0.2) is 28.5 Å². The average Bonchev–Trinajstić information content (AvgIpc) is 2.82. The Morgan fingerprint density at radius 3 is 2.68 bits per heavy atom. The minimum Gasteiger partial charge on any atom is -0.480 e. The molecule has 0 spiro atoms. The van der Waals surface area contributed by atoms with Crippen LogP contribution in [0.15, 0.2) is 24.3 Å². The first kappa shape index (κ1) is 17.5. The van der Waals surface area contributed by atoms with Gasteiger partial charge in [-0.3, -0.25) is 4.79 Å². The molecular formula is C19H23NO5. The van der Waals surface area contributed by atoms with Crippen molar-refractivity contribution in [1.29, 1.82) is 0 Å². The number of esters is 1. The fourth-order valence-corrected chi connectivity index (χ4v) is 4.06. The molecule has 1 aliphatic heterocycles. The predicted molar refractivity (Wildman–Crippen MR) is 90.0 cm³/mol. The fourth-order valence-electron chi connectivity index (χ4n) is 4.06. The van der Waals surface area contributed by atoms with E-state index in [0.717, 1.165) is 12.8 Å². The lowest BCUT2D eigenvalue weighted by atomic mass is 9.68. The highest BCUT2D eigenvalue weighted by molar-refractivity contribution is 5.95. The number of hydrogen-bond donors (Lipinski definition) is 2. The van der Waals surface area contributed by atoms with Crippen molar-refractivity contribution in [2.75, 3.05) is 0 Å². The smallest absolute Gasteiger partial charge is 0.339 e. The van der Waals surface area contributed by atoms with E-state index in [2.05, 4.69) is 5.32 Å². The van der Waals surface area contributed by atoms with E-state index in [-0.39, 0.29) is 11.8 Å². The van der Waals surface area contributed by atoms with E-state index in [9.17, 15) is 19.5 Å². The van der Waals surface area contributed by atoms with Crippen LogP contribution >= 0.6 is 0 Å². The number of cyclic esters (lactones) is 1. The van der Waals surface area contributed by atoms with Crippen LogP contribution < -0.4 is 5.32 Å². The number of rotatable bonds is 4. The van der Waals surface area contributed by atoms with E-state index in [1.165, 1.54) is 0 Å². The second-order valence-corrected chi connectivity index (χ2v) is 7.82. The normalized spacial score (nSPS) is 27.3. The molecule has 2 atom stereocenters. The van der Waals surface area contributed by atoms with Gasteiger partial charge in [0.15, 0.2) is 0 Å². The third kappa shape index (κ3) is 3.38. The van der Waals surface area contributed by atoms with Crippen molar-refractivity contribution in [2.24, 2.45) is 5.41 Å². The van der Waals surface area contributed by atoms with Crippen molar-refractivity contribution < 1.29 is 24.2 Å². The quantitative estimate of drug-likeness (QED) is 0.819. The van der Waals surface area contributed by atoms with Crippen molar-refractivity contribution in [3.63, 3.8) is 0 Å². The summed E-state index contributed by atoms with van der Waals surface area (Å²) in [6.07, 6.45) is 1.76. The number of carbonyl (C=O) groups excluding carboxylic acids is 2. The van der Waals surface area contributed by atoms with Crippen LogP contribution in [0, 0.1) is 5.41 Å². The molecule has 1 aliphatic carbocycles. The van der Waals surface area contributed by atoms with Crippen molar-refractivity contribution in [1.82, 2.24) is 5.32 Å². The van der Waals surface area contributed by atoms with Crippen molar-refractivity contribution in [3.8, 4) is 0 Å². The van der Waals surface area contributed by atoms with E-state index in [4.69, 9.17) is 4.74 Å². The molecule has 2 N–H and O–H groups in total. The van der Waals surface area contributed by atoms with Gasteiger partial charge in [-0.1, -0.05) is 32.0 Å². The van der Waals surface area contributed by atoms with Crippen LogP contribution in [0.4, 0.5) is 0 Å². The first-order valence-corrected chi connectivity index (χ1v) is 8.57. The van der Waals surface area contributed by atoms with Gasteiger partial charge in [0.25, 0.3) is 0 Å². The molecule has 3 rings (SSSR count). The van der Waals surface area contributed by atoms with Gasteiger partial charge >= 0.3 is 11.9 Å². The molecule has 1 amide bonds. The van der Waals surface area contributed by atoms with Gasteiger partial charge in [-0.25, -0.2) is 9.59 Å². The Balaban J connectivity index is 1.74. The number of aliphatic carboxylic acids is 1. The Morgan fingerprint density at radius 2 is 2.00 bits per heavy atom. The zero-order valence-corrected chi connectivity index (χ0v) is 14.5. The summed E-state index contributed by atoms with van der Waals surface area (Å²) in [5, 5.41) is 12.5. The lowest BCUT2D eigenvalue weighted by Gasteiger charge is -2.42. The average molecular weight is 345 g/mol. The van der Waals surface area contributed by atoms with Crippen molar-refractivity contribution in [2.45, 2.75) is 57.6 Å². The SMILES string of the molecule is CC1(C)CCCC(NC(=O)CC2OC(=O)c3ccccc32)(C(=O)O)C1. The van der Waals surface area contributed by atoms with Gasteiger partial charge in [0.05, 0.1) is 12.0 Å². The number of carbonyl (C=O) groups is 3. The molecule has 0 aromatic heterocycles. The van der Waals surface area contributed by atoms with E-state index in [0.29, 0.717) is 24.0 Å². The molecule has 1 aromatic carbocycles. The minimum absolute atomic E-state index is 0.0712. The van der Waals surface area contributed by atoms with Gasteiger partial charge in [0, 0.05) is 5.56 Å². The molecule has 25 heavy (non-hydrogen) atoms. The molecule has 0 bridgehead atoms. The van der Waals surface area contributed by atoms with Crippen molar-refractivity contribution in [3.05, 3.63) is 35.4 Å². The van der Waals surface area contributed by atoms with Crippen LogP contribution in [0.1, 0.15) is 68.0 Å². The third-order valence-corrected chi connectivity index (χ3v) is 5.17. The number of fused-ring (bicyclic) bond motifs is 1. The lowest BCUT2D eigenvalue weighted by Crippen LogP contribution is -2.58. The standard InChI is InChI=1S/C19H23NO5/c1-18(2)8-5-9-19(11-18,17(23)24)20-15(21)10-14-12-6-3-4-7-13(12)16(22)25-14/h3-4,6-7,14H,5,8-11H2,1-2H3,(H,20,21)(H,23,24). The van der Waals surface area contributed by atoms with Gasteiger partial charge in [0.1, 0.15) is 11.6 Å². The molecule has 2 unspecified atom stereocenters. The summed E-state index contributed by atoms with van der Waals surface area (Å²) in [5.41, 5.74) is -0.250. The number of amides is 1. The maximum atomic E-state index is 12.5. The fraction of sp³-hybridized carbons (Fsp3) is 0.526. The molecule has 6 heteroatoms. The zero-order chi connectivity index (χ0) is 18.2. The number of ether oxygens (including phenoxy) is 1. The van der Waals surface area contributed by atoms with Crippen LogP contribution in [0.2, 0.25) is 0 Å². The van der Waals surface area contributed by atoms with Crippen LogP contribution in [0.25, 0.3) is 0 Å². The Hall–Kier alpha value is -2.37. The van der Waals surface area contributed by atoms with Gasteiger partial charge in [-0.15, -0.1) is 0 Å². The molecule has 0 saturated heterocycles.